The lowest BCUT2D eigenvalue weighted by Gasteiger charge is -2.14. The number of thioether (sulfide) groups is 1. The number of carbonyl (C=O) groups is 2. The van der Waals surface area contributed by atoms with Crippen LogP contribution in [0.25, 0.3) is 22.5 Å². The highest BCUT2D eigenvalue weighted by Crippen LogP contribution is 2.35. The molecule has 32 heavy (non-hydrogen) atoms. The van der Waals surface area contributed by atoms with Crippen molar-refractivity contribution in [2.24, 2.45) is 0 Å². The van der Waals surface area contributed by atoms with Crippen molar-refractivity contribution in [2.75, 3.05) is 0 Å². The molecule has 0 unspecified atom stereocenters. The molecule has 158 valence electrons. The molecule has 0 spiro atoms. The van der Waals surface area contributed by atoms with E-state index in [2.05, 4.69) is 6.07 Å². The molecule has 0 atom stereocenters. The van der Waals surface area contributed by atoms with E-state index in [0.29, 0.717) is 0 Å². The van der Waals surface area contributed by atoms with E-state index in [1.54, 1.807) is 6.08 Å². The van der Waals surface area contributed by atoms with Crippen LogP contribution in [0.2, 0.25) is 5.02 Å². The quantitative estimate of drug-likeness (QED) is 0.318. The third kappa shape index (κ3) is 3.72. The minimum atomic E-state index is -0.550. The molecule has 0 N–H and O–H groups in total. The first kappa shape index (κ1) is 20.5. The molecule has 2 amide bonds. The number of aromatic nitrogens is 1. The fourth-order valence-corrected chi connectivity index (χ4v) is 4.73. The van der Waals surface area contributed by atoms with Gasteiger partial charge in [0, 0.05) is 28.2 Å². The maximum atomic E-state index is 14.2. The summed E-state index contributed by atoms with van der Waals surface area (Å²) in [6, 6.07) is 22.2. The SMILES string of the molecule is O=C1S/C(=C\c2cccn2-c2ccc3ccccc3c2)C(=O)N1Cc1c(F)cccc1Cl. The van der Waals surface area contributed by atoms with Gasteiger partial charge >= 0.3 is 0 Å². The lowest BCUT2D eigenvalue weighted by molar-refractivity contribution is -0.123. The minimum Gasteiger partial charge on any atom is -0.317 e. The number of carbonyl (C=O) groups excluding carboxylic acids is 2. The number of hydrogen-bond donors (Lipinski definition) is 0. The van der Waals surface area contributed by atoms with Crippen molar-refractivity contribution in [1.82, 2.24) is 9.47 Å². The number of amides is 2. The molecule has 1 aliphatic heterocycles. The molecule has 2 heterocycles. The van der Waals surface area contributed by atoms with Gasteiger partial charge in [-0.25, -0.2) is 4.39 Å². The van der Waals surface area contributed by atoms with Crippen LogP contribution >= 0.6 is 23.4 Å². The van der Waals surface area contributed by atoms with Crippen molar-refractivity contribution >= 4 is 51.4 Å². The Morgan fingerprint density at radius 3 is 2.56 bits per heavy atom. The van der Waals surface area contributed by atoms with Crippen molar-refractivity contribution in [2.45, 2.75) is 6.54 Å². The summed E-state index contributed by atoms with van der Waals surface area (Å²) in [6.45, 7) is -0.209. The zero-order chi connectivity index (χ0) is 22.2. The van der Waals surface area contributed by atoms with Gasteiger partial charge in [-0.15, -0.1) is 0 Å². The Morgan fingerprint density at radius 1 is 0.938 bits per heavy atom. The van der Waals surface area contributed by atoms with Gasteiger partial charge in [-0.05, 0) is 65.0 Å². The average Bonchev–Trinajstić information content (AvgIpc) is 3.35. The predicted molar refractivity (Wildman–Crippen MR) is 126 cm³/mol. The largest absolute Gasteiger partial charge is 0.317 e. The highest BCUT2D eigenvalue weighted by atomic mass is 35.5. The van der Waals surface area contributed by atoms with Crippen LogP contribution in [0.5, 0.6) is 0 Å². The van der Waals surface area contributed by atoms with Gasteiger partial charge in [0.05, 0.1) is 11.4 Å². The maximum absolute atomic E-state index is 14.2. The smallest absolute Gasteiger partial charge is 0.293 e. The summed E-state index contributed by atoms with van der Waals surface area (Å²) in [4.78, 5) is 26.7. The van der Waals surface area contributed by atoms with Crippen LogP contribution in [-0.4, -0.2) is 20.6 Å². The maximum Gasteiger partial charge on any atom is 0.293 e. The standard InChI is InChI=1S/C25H16ClFN2O2S/c26-21-8-3-9-22(27)20(21)15-29-24(30)23(32-25(29)31)14-18-7-4-12-28(18)19-11-10-16-5-1-2-6-17(16)13-19/h1-14H,15H2/b23-14-. The van der Waals surface area contributed by atoms with Gasteiger partial charge < -0.3 is 4.57 Å². The second kappa shape index (κ2) is 8.30. The van der Waals surface area contributed by atoms with E-state index in [1.807, 2.05) is 59.3 Å². The Morgan fingerprint density at radius 2 is 1.75 bits per heavy atom. The first-order valence-electron chi connectivity index (χ1n) is 9.86. The summed E-state index contributed by atoms with van der Waals surface area (Å²) in [5.74, 6) is -1.02. The van der Waals surface area contributed by atoms with E-state index in [0.717, 1.165) is 38.8 Å². The van der Waals surface area contributed by atoms with Gasteiger partial charge in [-0.1, -0.05) is 48.0 Å². The van der Waals surface area contributed by atoms with Gasteiger partial charge in [0.15, 0.2) is 0 Å². The molecular formula is C25H16ClFN2O2S. The third-order valence-corrected chi connectivity index (χ3v) is 6.58. The highest BCUT2D eigenvalue weighted by Gasteiger charge is 2.36. The third-order valence-electron chi connectivity index (χ3n) is 5.32. The highest BCUT2D eigenvalue weighted by molar-refractivity contribution is 8.18. The summed E-state index contributed by atoms with van der Waals surface area (Å²) in [5.41, 5.74) is 1.82. The zero-order valence-corrected chi connectivity index (χ0v) is 18.2. The molecule has 1 fully saturated rings. The number of rotatable bonds is 4. The molecule has 4 nitrogen and oxygen atoms in total. The number of imide groups is 1. The van der Waals surface area contributed by atoms with E-state index in [-0.39, 0.29) is 22.0 Å². The summed E-state index contributed by atoms with van der Waals surface area (Å²) in [7, 11) is 0. The molecule has 0 saturated carbocycles. The number of benzene rings is 3. The van der Waals surface area contributed by atoms with E-state index in [4.69, 9.17) is 11.6 Å². The second-order valence-electron chi connectivity index (χ2n) is 7.30. The molecule has 7 heteroatoms. The molecular weight excluding hydrogens is 447 g/mol. The van der Waals surface area contributed by atoms with Gasteiger partial charge in [0.2, 0.25) is 0 Å². The normalized spacial score (nSPS) is 15.3. The number of nitrogens with zero attached hydrogens (tertiary/aromatic N) is 2. The van der Waals surface area contributed by atoms with E-state index < -0.39 is 17.0 Å². The average molecular weight is 463 g/mol. The van der Waals surface area contributed by atoms with Gasteiger partial charge in [0.1, 0.15) is 5.82 Å². The Bertz CT molecular complexity index is 1390. The zero-order valence-electron chi connectivity index (χ0n) is 16.7. The summed E-state index contributed by atoms with van der Waals surface area (Å²) in [6.07, 6.45) is 3.59. The Labute approximate surface area is 192 Å². The first-order valence-corrected chi connectivity index (χ1v) is 11.1. The predicted octanol–water partition coefficient (Wildman–Crippen LogP) is 6.66. The molecule has 0 bridgehead atoms. The second-order valence-corrected chi connectivity index (χ2v) is 8.70. The number of fused-ring (bicyclic) bond motifs is 1. The van der Waals surface area contributed by atoms with Crippen LogP contribution in [0.4, 0.5) is 9.18 Å². The number of hydrogen-bond acceptors (Lipinski definition) is 3. The molecule has 0 radical (unpaired) electrons. The van der Waals surface area contributed by atoms with Crippen molar-refractivity contribution in [3.63, 3.8) is 0 Å². The molecule has 3 aromatic carbocycles. The van der Waals surface area contributed by atoms with Crippen LogP contribution in [0.3, 0.4) is 0 Å². The summed E-state index contributed by atoms with van der Waals surface area (Å²) >= 11 is 6.91. The molecule has 4 aromatic rings. The summed E-state index contributed by atoms with van der Waals surface area (Å²) < 4.78 is 16.1. The molecule has 1 saturated heterocycles. The fraction of sp³-hybridized carbons (Fsp3) is 0.0400. The monoisotopic (exact) mass is 462 g/mol. The summed E-state index contributed by atoms with van der Waals surface area (Å²) in [5, 5.41) is 1.97. The topological polar surface area (TPSA) is 42.3 Å². The van der Waals surface area contributed by atoms with E-state index in [9.17, 15) is 14.0 Å². The van der Waals surface area contributed by atoms with Crippen LogP contribution in [-0.2, 0) is 11.3 Å². The fourth-order valence-electron chi connectivity index (χ4n) is 3.69. The van der Waals surface area contributed by atoms with Crippen molar-refractivity contribution in [3.8, 4) is 5.69 Å². The van der Waals surface area contributed by atoms with Crippen molar-refractivity contribution in [1.29, 1.82) is 0 Å². The van der Waals surface area contributed by atoms with E-state index >= 15 is 0 Å². The Kier molecular flexibility index (Phi) is 5.33. The minimum absolute atomic E-state index is 0.122. The molecule has 1 aromatic heterocycles. The van der Waals surface area contributed by atoms with Crippen LogP contribution < -0.4 is 0 Å². The Balaban J connectivity index is 1.46. The van der Waals surface area contributed by atoms with Gasteiger partial charge in [-0.2, -0.15) is 0 Å². The van der Waals surface area contributed by atoms with Crippen molar-refractivity contribution < 1.29 is 14.0 Å². The van der Waals surface area contributed by atoms with E-state index in [1.165, 1.54) is 18.2 Å². The molecule has 5 rings (SSSR count). The van der Waals surface area contributed by atoms with Crippen LogP contribution in [0.1, 0.15) is 11.3 Å². The Hall–Kier alpha value is -3.35. The van der Waals surface area contributed by atoms with Crippen LogP contribution in [0, 0.1) is 5.82 Å². The lowest BCUT2D eigenvalue weighted by atomic mass is 10.1. The van der Waals surface area contributed by atoms with Gasteiger partial charge in [0.25, 0.3) is 11.1 Å². The number of halogens is 2. The van der Waals surface area contributed by atoms with Gasteiger partial charge in [-0.3, -0.25) is 14.5 Å². The molecule has 1 aliphatic rings. The van der Waals surface area contributed by atoms with Crippen molar-refractivity contribution in [3.05, 3.63) is 106 Å². The lowest BCUT2D eigenvalue weighted by Crippen LogP contribution is -2.28. The van der Waals surface area contributed by atoms with Crippen LogP contribution in [0.15, 0.2) is 83.9 Å². The molecule has 0 aliphatic carbocycles. The first-order chi connectivity index (χ1) is 15.5.